The SMILES string of the molecule is CNC(=O)Cn1cc(NC(=O)c2cc(Cl)nc(Cl)c2)cn1. The number of hydrogen-bond acceptors (Lipinski definition) is 4. The van der Waals surface area contributed by atoms with Gasteiger partial charge in [-0.2, -0.15) is 5.10 Å². The first-order valence-corrected chi connectivity index (χ1v) is 6.61. The van der Waals surface area contributed by atoms with E-state index in [1.165, 1.54) is 36.3 Å². The van der Waals surface area contributed by atoms with Crippen molar-refractivity contribution >= 4 is 40.7 Å². The Kier molecular flexibility index (Phi) is 4.77. The van der Waals surface area contributed by atoms with Gasteiger partial charge >= 0.3 is 0 Å². The van der Waals surface area contributed by atoms with Gasteiger partial charge in [0.2, 0.25) is 5.91 Å². The normalized spacial score (nSPS) is 10.2. The molecule has 0 radical (unpaired) electrons. The molecule has 0 spiro atoms. The van der Waals surface area contributed by atoms with Crippen molar-refractivity contribution < 1.29 is 9.59 Å². The monoisotopic (exact) mass is 327 g/mol. The molecular formula is C12H11Cl2N5O2. The number of carbonyl (C=O) groups excluding carboxylic acids is 2. The van der Waals surface area contributed by atoms with E-state index >= 15 is 0 Å². The molecule has 0 fully saturated rings. The summed E-state index contributed by atoms with van der Waals surface area (Å²) in [6, 6.07) is 2.80. The second-order valence-electron chi connectivity index (χ2n) is 4.06. The van der Waals surface area contributed by atoms with Gasteiger partial charge in [0, 0.05) is 18.8 Å². The highest BCUT2D eigenvalue weighted by molar-refractivity contribution is 6.33. The van der Waals surface area contributed by atoms with Crippen LogP contribution >= 0.6 is 23.2 Å². The number of nitrogens with zero attached hydrogens (tertiary/aromatic N) is 3. The fraction of sp³-hybridized carbons (Fsp3) is 0.167. The molecule has 0 unspecified atom stereocenters. The molecular weight excluding hydrogens is 317 g/mol. The molecule has 2 rings (SSSR count). The molecule has 2 N–H and O–H groups in total. The highest BCUT2D eigenvalue weighted by Crippen LogP contribution is 2.16. The lowest BCUT2D eigenvalue weighted by atomic mass is 10.2. The van der Waals surface area contributed by atoms with Crippen LogP contribution in [0.4, 0.5) is 5.69 Å². The van der Waals surface area contributed by atoms with Gasteiger partial charge < -0.3 is 10.6 Å². The van der Waals surface area contributed by atoms with Crippen LogP contribution in [0.3, 0.4) is 0 Å². The van der Waals surface area contributed by atoms with E-state index in [0.717, 1.165) is 0 Å². The Balaban J connectivity index is 2.07. The molecule has 2 heterocycles. The number of amides is 2. The second kappa shape index (κ2) is 6.55. The average Bonchev–Trinajstić information content (AvgIpc) is 2.84. The van der Waals surface area contributed by atoms with E-state index < -0.39 is 5.91 Å². The maximum atomic E-state index is 12.0. The molecule has 7 nitrogen and oxygen atoms in total. The number of pyridine rings is 1. The van der Waals surface area contributed by atoms with Gasteiger partial charge in [-0.1, -0.05) is 23.2 Å². The van der Waals surface area contributed by atoms with Crippen LogP contribution in [0.2, 0.25) is 10.3 Å². The first-order valence-electron chi connectivity index (χ1n) is 5.85. The summed E-state index contributed by atoms with van der Waals surface area (Å²) in [5.74, 6) is -0.593. The van der Waals surface area contributed by atoms with E-state index in [9.17, 15) is 9.59 Å². The molecule has 110 valence electrons. The first-order chi connectivity index (χ1) is 9.97. The van der Waals surface area contributed by atoms with Crippen LogP contribution in [0.1, 0.15) is 10.4 Å². The van der Waals surface area contributed by atoms with Gasteiger partial charge in [0.05, 0.1) is 11.9 Å². The summed E-state index contributed by atoms with van der Waals surface area (Å²) >= 11 is 11.5. The van der Waals surface area contributed by atoms with Crippen LogP contribution in [0, 0.1) is 0 Å². The molecule has 2 amide bonds. The van der Waals surface area contributed by atoms with Crippen molar-refractivity contribution in [1.29, 1.82) is 0 Å². The lowest BCUT2D eigenvalue weighted by molar-refractivity contribution is -0.121. The standard InChI is InChI=1S/C12H11Cl2N5O2/c1-15-11(20)6-19-5-8(4-16-19)17-12(21)7-2-9(13)18-10(14)3-7/h2-5H,6H2,1H3,(H,15,20)(H,17,21). The molecule has 2 aromatic heterocycles. The molecule has 2 aromatic rings. The predicted octanol–water partition coefficient (Wildman–Crippen LogP) is 1.58. The zero-order chi connectivity index (χ0) is 15.4. The maximum absolute atomic E-state index is 12.0. The van der Waals surface area contributed by atoms with Crippen LogP contribution < -0.4 is 10.6 Å². The number of rotatable bonds is 4. The van der Waals surface area contributed by atoms with E-state index in [1.54, 1.807) is 0 Å². The summed E-state index contributed by atoms with van der Waals surface area (Å²) in [5, 5.41) is 9.32. The fourth-order valence-corrected chi connectivity index (χ4v) is 2.00. The predicted molar refractivity (Wildman–Crippen MR) is 78.5 cm³/mol. The van der Waals surface area contributed by atoms with Gasteiger partial charge in [0.25, 0.3) is 5.91 Å². The van der Waals surface area contributed by atoms with Crippen molar-refractivity contribution in [2.75, 3.05) is 12.4 Å². The Morgan fingerprint density at radius 2 is 1.95 bits per heavy atom. The van der Waals surface area contributed by atoms with Crippen molar-refractivity contribution in [3.8, 4) is 0 Å². The summed E-state index contributed by atoms with van der Waals surface area (Å²) in [6.07, 6.45) is 2.97. The quantitative estimate of drug-likeness (QED) is 0.834. The third-order valence-corrected chi connectivity index (χ3v) is 2.89. The molecule has 0 bridgehead atoms. The van der Waals surface area contributed by atoms with Gasteiger partial charge in [-0.3, -0.25) is 14.3 Å². The van der Waals surface area contributed by atoms with Crippen LogP contribution in [0.5, 0.6) is 0 Å². The lowest BCUT2D eigenvalue weighted by Gasteiger charge is -2.03. The van der Waals surface area contributed by atoms with Crippen molar-refractivity contribution in [1.82, 2.24) is 20.1 Å². The van der Waals surface area contributed by atoms with Crippen LogP contribution in [-0.2, 0) is 11.3 Å². The minimum Gasteiger partial charge on any atom is -0.358 e. The van der Waals surface area contributed by atoms with Crippen molar-refractivity contribution in [2.24, 2.45) is 0 Å². The smallest absolute Gasteiger partial charge is 0.255 e. The highest BCUT2D eigenvalue weighted by atomic mass is 35.5. The summed E-state index contributed by atoms with van der Waals surface area (Å²) in [4.78, 5) is 27.0. The lowest BCUT2D eigenvalue weighted by Crippen LogP contribution is -2.23. The average molecular weight is 328 g/mol. The third-order valence-electron chi connectivity index (χ3n) is 2.50. The van der Waals surface area contributed by atoms with E-state index in [4.69, 9.17) is 23.2 Å². The van der Waals surface area contributed by atoms with Gasteiger partial charge in [-0.25, -0.2) is 4.98 Å². The molecule has 0 saturated heterocycles. The van der Waals surface area contributed by atoms with Gasteiger partial charge in [0.1, 0.15) is 16.9 Å². The molecule has 0 aromatic carbocycles. The number of likely N-dealkylation sites (N-methyl/N-ethyl adjacent to an activating group) is 1. The number of aromatic nitrogens is 3. The van der Waals surface area contributed by atoms with Crippen LogP contribution in [-0.4, -0.2) is 33.6 Å². The summed E-state index contributed by atoms with van der Waals surface area (Å²) in [5.41, 5.74) is 0.729. The number of nitrogens with one attached hydrogen (secondary N) is 2. The molecule has 0 atom stereocenters. The molecule has 0 aliphatic heterocycles. The molecule has 0 saturated carbocycles. The third kappa shape index (κ3) is 4.17. The van der Waals surface area contributed by atoms with Crippen molar-refractivity contribution in [3.63, 3.8) is 0 Å². The fourth-order valence-electron chi connectivity index (χ4n) is 1.54. The van der Waals surface area contributed by atoms with Crippen LogP contribution in [0.25, 0.3) is 0 Å². The molecule has 21 heavy (non-hydrogen) atoms. The van der Waals surface area contributed by atoms with E-state index in [2.05, 4.69) is 20.7 Å². The number of carbonyl (C=O) groups is 2. The van der Waals surface area contributed by atoms with Crippen molar-refractivity contribution in [2.45, 2.75) is 6.54 Å². The minimum atomic E-state index is -0.402. The van der Waals surface area contributed by atoms with Gasteiger partial charge in [0.15, 0.2) is 0 Å². The van der Waals surface area contributed by atoms with Gasteiger partial charge in [-0.05, 0) is 12.1 Å². The Labute approximate surface area is 130 Å². The first kappa shape index (κ1) is 15.3. The molecule has 0 aliphatic rings. The Morgan fingerprint density at radius 3 is 2.57 bits per heavy atom. The zero-order valence-corrected chi connectivity index (χ0v) is 12.4. The number of halogens is 2. The molecule has 0 aliphatic carbocycles. The second-order valence-corrected chi connectivity index (χ2v) is 4.83. The summed E-state index contributed by atoms with van der Waals surface area (Å²) in [6.45, 7) is 0.0687. The number of hydrogen-bond donors (Lipinski definition) is 2. The Bertz CT molecular complexity index is 666. The Morgan fingerprint density at radius 1 is 1.29 bits per heavy atom. The largest absolute Gasteiger partial charge is 0.358 e. The minimum absolute atomic E-state index is 0.0687. The topological polar surface area (TPSA) is 88.9 Å². The van der Waals surface area contributed by atoms with Gasteiger partial charge in [-0.15, -0.1) is 0 Å². The van der Waals surface area contributed by atoms with Crippen LogP contribution in [0.15, 0.2) is 24.5 Å². The zero-order valence-electron chi connectivity index (χ0n) is 10.9. The highest BCUT2D eigenvalue weighted by Gasteiger charge is 2.11. The molecule has 9 heteroatoms. The maximum Gasteiger partial charge on any atom is 0.255 e. The van der Waals surface area contributed by atoms with E-state index in [0.29, 0.717) is 5.69 Å². The summed E-state index contributed by atoms with van der Waals surface area (Å²) < 4.78 is 1.40. The Hall–Kier alpha value is -2.12. The number of anilines is 1. The van der Waals surface area contributed by atoms with Crippen molar-refractivity contribution in [3.05, 3.63) is 40.4 Å². The van der Waals surface area contributed by atoms with E-state index in [-0.39, 0.29) is 28.3 Å². The van der Waals surface area contributed by atoms with E-state index in [1.807, 2.05) is 0 Å². The summed E-state index contributed by atoms with van der Waals surface area (Å²) in [7, 11) is 1.53.